The van der Waals surface area contributed by atoms with Gasteiger partial charge in [-0.1, -0.05) is 30.3 Å². The van der Waals surface area contributed by atoms with Crippen LogP contribution in [0.5, 0.6) is 0 Å². The number of likely N-dealkylation sites (tertiary alicyclic amines) is 1. The van der Waals surface area contributed by atoms with E-state index in [1.165, 1.54) is 6.33 Å². The summed E-state index contributed by atoms with van der Waals surface area (Å²) in [5, 5.41) is 20.4. The summed E-state index contributed by atoms with van der Waals surface area (Å²) in [4.78, 5) is 22.0. The van der Waals surface area contributed by atoms with E-state index < -0.39 is 17.5 Å². The van der Waals surface area contributed by atoms with E-state index in [0.29, 0.717) is 32.5 Å². The van der Waals surface area contributed by atoms with Gasteiger partial charge < -0.3 is 10.2 Å². The third-order valence-corrected chi connectivity index (χ3v) is 4.75. The third-order valence-electron chi connectivity index (χ3n) is 4.75. The maximum atomic E-state index is 12.0. The van der Waals surface area contributed by atoms with Crippen molar-refractivity contribution in [1.29, 1.82) is 0 Å². The second kappa shape index (κ2) is 7.07. The van der Waals surface area contributed by atoms with Crippen LogP contribution in [0.4, 0.5) is 0 Å². The topological polar surface area (TPSA) is 86.5 Å². The number of benzene rings is 1. The van der Waals surface area contributed by atoms with E-state index in [1.54, 1.807) is 12.4 Å². The first-order valence-corrected chi connectivity index (χ1v) is 8.02. The molecular formula is C18H21N3O3. The number of carbonyl (C=O) groups is 1. The molecule has 6 heteroatoms. The molecule has 2 N–H and O–H groups in total. The molecule has 126 valence electrons. The zero-order valence-electron chi connectivity index (χ0n) is 13.4. The van der Waals surface area contributed by atoms with E-state index in [-0.39, 0.29) is 0 Å². The molecule has 0 bridgehead atoms. The fourth-order valence-corrected chi connectivity index (χ4v) is 3.34. The summed E-state index contributed by atoms with van der Waals surface area (Å²) in [6.45, 7) is 1.55. The van der Waals surface area contributed by atoms with Gasteiger partial charge in [0.2, 0.25) is 0 Å². The van der Waals surface area contributed by atoms with Crippen LogP contribution in [0.15, 0.2) is 49.1 Å². The Morgan fingerprint density at radius 3 is 2.54 bits per heavy atom. The smallest absolute Gasteiger partial charge is 0.312 e. The standard InChI is InChI=1S/C18H21N3O3/c22-16-12-21(11-15-9-19-13-20-10-15)7-6-18(16,17(23)24)8-14-4-2-1-3-5-14/h1-5,9-10,13,16,22H,6-8,11-12H2,(H,23,24)/t16-,18-/m1/s1. The summed E-state index contributed by atoms with van der Waals surface area (Å²) in [7, 11) is 0. The number of aliphatic hydroxyl groups excluding tert-OH is 1. The molecule has 0 aliphatic carbocycles. The second-order valence-corrected chi connectivity index (χ2v) is 6.37. The minimum atomic E-state index is -1.13. The number of hydrogen-bond donors (Lipinski definition) is 2. The van der Waals surface area contributed by atoms with Crippen LogP contribution < -0.4 is 0 Å². The van der Waals surface area contributed by atoms with Crippen LogP contribution in [0, 0.1) is 5.41 Å². The number of β-amino-alcohol motifs (C(OH)–C–C–N with tert-alkyl or cyclic N) is 1. The molecule has 1 aliphatic heterocycles. The van der Waals surface area contributed by atoms with E-state index >= 15 is 0 Å². The second-order valence-electron chi connectivity index (χ2n) is 6.37. The van der Waals surface area contributed by atoms with Crippen molar-refractivity contribution in [2.75, 3.05) is 13.1 Å². The number of piperidine rings is 1. The Morgan fingerprint density at radius 2 is 1.92 bits per heavy atom. The van der Waals surface area contributed by atoms with Crippen molar-refractivity contribution in [2.24, 2.45) is 5.41 Å². The van der Waals surface area contributed by atoms with Gasteiger partial charge in [-0.25, -0.2) is 9.97 Å². The quantitative estimate of drug-likeness (QED) is 0.862. The van der Waals surface area contributed by atoms with Crippen molar-refractivity contribution >= 4 is 5.97 Å². The van der Waals surface area contributed by atoms with Gasteiger partial charge in [0, 0.05) is 31.0 Å². The molecule has 1 aromatic carbocycles. The number of carboxylic acids is 1. The number of aliphatic carboxylic acids is 1. The Balaban J connectivity index is 1.72. The number of nitrogens with zero attached hydrogens (tertiary/aromatic N) is 3. The van der Waals surface area contributed by atoms with Crippen LogP contribution >= 0.6 is 0 Å². The van der Waals surface area contributed by atoms with Crippen LogP contribution in [-0.2, 0) is 17.8 Å². The van der Waals surface area contributed by atoms with Gasteiger partial charge in [-0.2, -0.15) is 0 Å². The van der Waals surface area contributed by atoms with Crippen molar-refractivity contribution in [1.82, 2.24) is 14.9 Å². The van der Waals surface area contributed by atoms with E-state index in [9.17, 15) is 15.0 Å². The maximum Gasteiger partial charge on any atom is 0.312 e. The predicted octanol–water partition coefficient (Wildman–Crippen LogP) is 1.36. The van der Waals surface area contributed by atoms with Crippen molar-refractivity contribution in [3.63, 3.8) is 0 Å². The molecule has 0 spiro atoms. The SMILES string of the molecule is O=C(O)[C@@]1(Cc2ccccc2)CCN(Cc2cncnc2)C[C@H]1O. The minimum Gasteiger partial charge on any atom is -0.481 e. The van der Waals surface area contributed by atoms with Gasteiger partial charge in [-0.05, 0) is 24.9 Å². The van der Waals surface area contributed by atoms with Crippen LogP contribution in [0.2, 0.25) is 0 Å². The highest BCUT2D eigenvalue weighted by Gasteiger charge is 2.48. The molecule has 2 heterocycles. The minimum absolute atomic E-state index is 0.327. The first kappa shape index (κ1) is 16.5. The van der Waals surface area contributed by atoms with Gasteiger partial charge in [0.25, 0.3) is 0 Å². The van der Waals surface area contributed by atoms with Gasteiger partial charge in [-0.15, -0.1) is 0 Å². The molecule has 1 aliphatic rings. The van der Waals surface area contributed by atoms with Crippen LogP contribution in [0.25, 0.3) is 0 Å². The lowest BCUT2D eigenvalue weighted by Crippen LogP contribution is -2.55. The van der Waals surface area contributed by atoms with Gasteiger partial charge >= 0.3 is 5.97 Å². The third kappa shape index (κ3) is 3.44. The summed E-state index contributed by atoms with van der Waals surface area (Å²) in [5.41, 5.74) is 0.754. The first-order chi connectivity index (χ1) is 11.6. The van der Waals surface area contributed by atoms with Gasteiger partial charge in [0.15, 0.2) is 0 Å². The lowest BCUT2D eigenvalue weighted by Gasteiger charge is -2.42. The fraction of sp³-hybridized carbons (Fsp3) is 0.389. The lowest BCUT2D eigenvalue weighted by atomic mass is 9.71. The summed E-state index contributed by atoms with van der Waals surface area (Å²) in [6, 6.07) is 9.50. The number of carboxylic acid groups (broad SMARTS) is 1. The molecule has 0 amide bonds. The van der Waals surface area contributed by atoms with Crippen molar-refractivity contribution < 1.29 is 15.0 Å². The number of aliphatic hydroxyl groups is 1. The Hall–Kier alpha value is -2.31. The van der Waals surface area contributed by atoms with Crippen molar-refractivity contribution in [3.05, 3.63) is 60.2 Å². The molecule has 1 fully saturated rings. The van der Waals surface area contributed by atoms with Gasteiger partial charge in [0.05, 0.1) is 6.10 Å². The zero-order chi connectivity index (χ0) is 17.0. The van der Waals surface area contributed by atoms with Crippen molar-refractivity contribution in [2.45, 2.75) is 25.5 Å². The molecule has 0 unspecified atom stereocenters. The van der Waals surface area contributed by atoms with Crippen LogP contribution in [0.1, 0.15) is 17.5 Å². The molecule has 2 atom stereocenters. The molecule has 1 aromatic heterocycles. The highest BCUT2D eigenvalue weighted by Crippen LogP contribution is 2.36. The average molecular weight is 327 g/mol. The average Bonchev–Trinajstić information content (AvgIpc) is 2.59. The molecule has 0 saturated carbocycles. The van der Waals surface area contributed by atoms with Crippen LogP contribution in [-0.4, -0.2) is 50.2 Å². The fourth-order valence-electron chi connectivity index (χ4n) is 3.34. The Morgan fingerprint density at radius 1 is 1.21 bits per heavy atom. The summed E-state index contributed by atoms with van der Waals surface area (Å²) >= 11 is 0. The maximum absolute atomic E-state index is 12.0. The monoisotopic (exact) mass is 327 g/mol. The summed E-state index contributed by atoms with van der Waals surface area (Å²) in [5.74, 6) is -0.929. The van der Waals surface area contributed by atoms with Crippen LogP contribution in [0.3, 0.4) is 0 Å². The molecule has 0 radical (unpaired) electrons. The first-order valence-electron chi connectivity index (χ1n) is 8.02. The van der Waals surface area contributed by atoms with Crippen molar-refractivity contribution in [3.8, 4) is 0 Å². The van der Waals surface area contributed by atoms with Gasteiger partial charge in [0.1, 0.15) is 11.7 Å². The normalized spacial score (nSPS) is 24.6. The number of hydrogen-bond acceptors (Lipinski definition) is 5. The van der Waals surface area contributed by atoms with Gasteiger partial charge in [-0.3, -0.25) is 9.69 Å². The molecule has 6 nitrogen and oxygen atoms in total. The molecule has 2 aromatic rings. The number of aromatic nitrogens is 2. The Kier molecular flexibility index (Phi) is 4.87. The van der Waals surface area contributed by atoms with E-state index in [1.807, 2.05) is 30.3 Å². The predicted molar refractivity (Wildman–Crippen MR) is 88.1 cm³/mol. The lowest BCUT2D eigenvalue weighted by molar-refractivity contribution is -0.163. The van der Waals surface area contributed by atoms with E-state index in [4.69, 9.17) is 0 Å². The number of rotatable bonds is 5. The van der Waals surface area contributed by atoms with E-state index in [2.05, 4.69) is 14.9 Å². The Labute approximate surface area is 140 Å². The zero-order valence-corrected chi connectivity index (χ0v) is 13.4. The highest BCUT2D eigenvalue weighted by atomic mass is 16.4. The summed E-state index contributed by atoms with van der Waals surface area (Å²) in [6.07, 6.45) is 4.78. The molecule has 1 saturated heterocycles. The van der Waals surface area contributed by atoms with E-state index in [0.717, 1.165) is 11.1 Å². The Bertz CT molecular complexity index is 680. The largest absolute Gasteiger partial charge is 0.481 e. The molecule has 3 rings (SSSR count). The highest BCUT2D eigenvalue weighted by molar-refractivity contribution is 5.76. The summed E-state index contributed by atoms with van der Waals surface area (Å²) < 4.78 is 0. The molecule has 24 heavy (non-hydrogen) atoms. The molecular weight excluding hydrogens is 306 g/mol.